The standard InChI is InChI=1S/C16H18N4O2.ClH/c1-10-4-6-12(7-5-10)15-14(18-9-21-15)16-19-13(20-22-16)8-11(2)17-3;/h4-7,9,11,17H,8H2,1-3H3;1H. The average Bonchev–Trinajstić information content (AvgIpc) is 3.16. The maximum Gasteiger partial charge on any atom is 0.280 e. The minimum absolute atomic E-state index is 0. The van der Waals surface area contributed by atoms with Crippen molar-refractivity contribution in [2.45, 2.75) is 26.3 Å². The molecular formula is C16H19ClN4O2. The van der Waals surface area contributed by atoms with Crippen molar-refractivity contribution in [3.8, 4) is 22.9 Å². The molecule has 0 aliphatic rings. The van der Waals surface area contributed by atoms with E-state index in [0.29, 0.717) is 29.6 Å². The van der Waals surface area contributed by atoms with Gasteiger partial charge in [-0.1, -0.05) is 35.0 Å². The van der Waals surface area contributed by atoms with Gasteiger partial charge in [0.2, 0.25) is 0 Å². The predicted molar refractivity (Wildman–Crippen MR) is 89.4 cm³/mol. The second-order valence-electron chi connectivity index (χ2n) is 5.31. The van der Waals surface area contributed by atoms with Gasteiger partial charge in [-0.05, 0) is 20.9 Å². The van der Waals surface area contributed by atoms with Crippen LogP contribution >= 0.6 is 12.4 Å². The zero-order valence-electron chi connectivity index (χ0n) is 13.2. The number of nitrogens with zero attached hydrogens (tertiary/aromatic N) is 3. The van der Waals surface area contributed by atoms with Crippen LogP contribution in [0, 0.1) is 6.92 Å². The molecular weight excluding hydrogens is 316 g/mol. The highest BCUT2D eigenvalue weighted by Crippen LogP contribution is 2.30. The van der Waals surface area contributed by atoms with E-state index in [1.54, 1.807) is 0 Å². The van der Waals surface area contributed by atoms with Gasteiger partial charge < -0.3 is 14.3 Å². The molecule has 0 radical (unpaired) electrons. The summed E-state index contributed by atoms with van der Waals surface area (Å²) in [6.45, 7) is 4.10. The molecule has 122 valence electrons. The lowest BCUT2D eigenvalue weighted by Crippen LogP contribution is -2.24. The first-order valence-corrected chi connectivity index (χ1v) is 7.18. The van der Waals surface area contributed by atoms with Gasteiger partial charge >= 0.3 is 0 Å². The Morgan fingerprint density at radius 1 is 1.22 bits per heavy atom. The number of hydrogen-bond acceptors (Lipinski definition) is 6. The van der Waals surface area contributed by atoms with E-state index in [0.717, 1.165) is 5.56 Å². The van der Waals surface area contributed by atoms with Crippen molar-refractivity contribution in [2.75, 3.05) is 7.05 Å². The molecule has 0 amide bonds. The summed E-state index contributed by atoms with van der Waals surface area (Å²) >= 11 is 0. The molecule has 1 aromatic carbocycles. The Morgan fingerprint density at radius 2 is 1.96 bits per heavy atom. The number of nitrogens with one attached hydrogen (secondary N) is 1. The van der Waals surface area contributed by atoms with Gasteiger partial charge in [-0.2, -0.15) is 4.98 Å². The van der Waals surface area contributed by atoms with Crippen LogP contribution in [0.1, 0.15) is 18.3 Å². The van der Waals surface area contributed by atoms with Crippen LogP contribution in [-0.4, -0.2) is 28.2 Å². The third-order valence-corrected chi connectivity index (χ3v) is 3.53. The van der Waals surface area contributed by atoms with Gasteiger partial charge in [0.25, 0.3) is 5.89 Å². The van der Waals surface area contributed by atoms with Crippen molar-refractivity contribution in [2.24, 2.45) is 0 Å². The van der Waals surface area contributed by atoms with Gasteiger partial charge in [-0.15, -0.1) is 12.4 Å². The number of benzene rings is 1. The Balaban J connectivity index is 0.00000192. The van der Waals surface area contributed by atoms with Crippen molar-refractivity contribution in [3.05, 3.63) is 42.0 Å². The van der Waals surface area contributed by atoms with Crippen LogP contribution in [0.4, 0.5) is 0 Å². The van der Waals surface area contributed by atoms with E-state index < -0.39 is 0 Å². The van der Waals surface area contributed by atoms with Crippen molar-refractivity contribution >= 4 is 12.4 Å². The molecule has 1 unspecified atom stereocenters. The number of halogens is 1. The fourth-order valence-electron chi connectivity index (χ4n) is 2.12. The highest BCUT2D eigenvalue weighted by molar-refractivity contribution is 5.85. The SMILES string of the molecule is CNC(C)Cc1noc(-c2ncoc2-c2ccc(C)cc2)n1.Cl. The number of likely N-dealkylation sites (N-methyl/N-ethyl adjacent to an activating group) is 1. The molecule has 2 heterocycles. The minimum atomic E-state index is 0. The van der Waals surface area contributed by atoms with Crippen LogP contribution in [-0.2, 0) is 6.42 Å². The fraction of sp³-hybridized carbons (Fsp3) is 0.312. The molecule has 7 heteroatoms. The van der Waals surface area contributed by atoms with Gasteiger partial charge in [0.05, 0.1) is 0 Å². The van der Waals surface area contributed by atoms with E-state index in [-0.39, 0.29) is 18.4 Å². The molecule has 0 spiro atoms. The summed E-state index contributed by atoms with van der Waals surface area (Å²) < 4.78 is 10.8. The lowest BCUT2D eigenvalue weighted by Gasteiger charge is -2.04. The van der Waals surface area contributed by atoms with Crippen LogP contribution in [0.15, 0.2) is 39.6 Å². The van der Waals surface area contributed by atoms with Crippen molar-refractivity contribution in [1.82, 2.24) is 20.4 Å². The zero-order chi connectivity index (χ0) is 15.5. The van der Waals surface area contributed by atoms with Crippen molar-refractivity contribution < 1.29 is 8.94 Å². The molecule has 3 aromatic rings. The van der Waals surface area contributed by atoms with Crippen molar-refractivity contribution in [1.29, 1.82) is 0 Å². The number of aryl methyl sites for hydroxylation is 1. The maximum absolute atomic E-state index is 5.51. The summed E-state index contributed by atoms with van der Waals surface area (Å²) in [6.07, 6.45) is 2.09. The van der Waals surface area contributed by atoms with Gasteiger partial charge in [-0.25, -0.2) is 4.98 Å². The monoisotopic (exact) mass is 334 g/mol. The number of rotatable bonds is 5. The molecule has 0 bridgehead atoms. The molecule has 0 aliphatic heterocycles. The number of aromatic nitrogens is 3. The Bertz CT molecular complexity index is 752. The van der Waals surface area contributed by atoms with Crippen LogP contribution in [0.2, 0.25) is 0 Å². The van der Waals surface area contributed by atoms with Crippen LogP contribution in [0.5, 0.6) is 0 Å². The lowest BCUT2D eigenvalue weighted by atomic mass is 10.1. The summed E-state index contributed by atoms with van der Waals surface area (Å²) in [7, 11) is 1.90. The lowest BCUT2D eigenvalue weighted by molar-refractivity contribution is 0.417. The Labute approximate surface area is 140 Å². The molecule has 1 N–H and O–H groups in total. The van der Waals surface area contributed by atoms with E-state index >= 15 is 0 Å². The third kappa shape index (κ3) is 3.78. The molecule has 0 saturated carbocycles. The molecule has 23 heavy (non-hydrogen) atoms. The van der Waals surface area contributed by atoms with Gasteiger partial charge in [0.1, 0.15) is 0 Å². The van der Waals surface area contributed by atoms with E-state index in [1.165, 1.54) is 12.0 Å². The van der Waals surface area contributed by atoms with Crippen molar-refractivity contribution in [3.63, 3.8) is 0 Å². The average molecular weight is 335 g/mol. The summed E-state index contributed by atoms with van der Waals surface area (Å²) in [4.78, 5) is 8.62. The first kappa shape index (κ1) is 17.2. The summed E-state index contributed by atoms with van der Waals surface area (Å²) in [5.41, 5.74) is 2.69. The quantitative estimate of drug-likeness (QED) is 0.771. The summed E-state index contributed by atoms with van der Waals surface area (Å²) in [5, 5.41) is 7.15. The molecule has 2 aromatic heterocycles. The minimum Gasteiger partial charge on any atom is -0.443 e. The summed E-state index contributed by atoms with van der Waals surface area (Å²) in [6, 6.07) is 8.30. The normalized spacial score (nSPS) is 12.0. The molecule has 3 rings (SSSR count). The number of hydrogen-bond donors (Lipinski definition) is 1. The molecule has 0 fully saturated rings. The van der Waals surface area contributed by atoms with Crippen LogP contribution in [0.3, 0.4) is 0 Å². The van der Waals surface area contributed by atoms with Gasteiger partial charge in [0.15, 0.2) is 23.7 Å². The highest BCUT2D eigenvalue weighted by atomic mass is 35.5. The smallest absolute Gasteiger partial charge is 0.280 e. The Morgan fingerprint density at radius 3 is 2.65 bits per heavy atom. The third-order valence-electron chi connectivity index (χ3n) is 3.53. The van der Waals surface area contributed by atoms with Gasteiger partial charge in [0, 0.05) is 18.0 Å². The topological polar surface area (TPSA) is 77.0 Å². The molecule has 0 saturated heterocycles. The largest absolute Gasteiger partial charge is 0.443 e. The van der Waals surface area contributed by atoms with Crippen LogP contribution in [0.25, 0.3) is 22.9 Å². The molecule has 6 nitrogen and oxygen atoms in total. The van der Waals surface area contributed by atoms with Gasteiger partial charge in [-0.3, -0.25) is 0 Å². The first-order valence-electron chi connectivity index (χ1n) is 7.18. The second kappa shape index (κ2) is 7.39. The fourth-order valence-corrected chi connectivity index (χ4v) is 2.12. The zero-order valence-corrected chi connectivity index (χ0v) is 14.1. The maximum atomic E-state index is 5.51. The van der Waals surface area contributed by atoms with E-state index in [2.05, 4.69) is 27.4 Å². The first-order chi connectivity index (χ1) is 10.7. The van der Waals surface area contributed by atoms with E-state index in [9.17, 15) is 0 Å². The molecule has 0 aliphatic carbocycles. The Hall–Kier alpha value is -2.18. The second-order valence-corrected chi connectivity index (χ2v) is 5.31. The molecule has 1 atom stereocenters. The van der Waals surface area contributed by atoms with Crippen LogP contribution < -0.4 is 5.32 Å². The highest BCUT2D eigenvalue weighted by Gasteiger charge is 2.19. The predicted octanol–water partition coefficient (Wildman–Crippen LogP) is 3.27. The number of oxazole rings is 1. The van der Waals surface area contributed by atoms with E-state index in [1.807, 2.05) is 38.2 Å². The Kier molecular flexibility index (Phi) is 5.52. The van der Waals surface area contributed by atoms with E-state index in [4.69, 9.17) is 8.94 Å². The summed E-state index contributed by atoms with van der Waals surface area (Å²) in [5.74, 6) is 1.66.